The maximum absolute atomic E-state index is 12.6. The molecule has 0 aliphatic carbocycles. The van der Waals surface area contributed by atoms with Gasteiger partial charge in [0.05, 0.1) is 13.7 Å². The second-order valence-corrected chi connectivity index (χ2v) is 9.09. The van der Waals surface area contributed by atoms with Gasteiger partial charge in [0.25, 0.3) is 5.91 Å². The number of carbonyl (C=O) groups excluding carboxylic acids is 1. The molecule has 0 atom stereocenters. The van der Waals surface area contributed by atoms with Gasteiger partial charge in [-0.15, -0.1) is 0 Å². The molecule has 1 amide bonds. The molecule has 188 valence electrons. The number of aromatic nitrogens is 1. The number of pyridine rings is 1. The molecule has 1 aromatic heterocycles. The number of methoxy groups -OCH3 is 1. The van der Waals surface area contributed by atoms with Crippen molar-refractivity contribution < 1.29 is 18.8 Å². The number of aryl methyl sites for hydroxylation is 1. The third-order valence-corrected chi connectivity index (χ3v) is 6.27. The Morgan fingerprint density at radius 3 is 2.12 bits per heavy atom. The Morgan fingerprint density at radius 2 is 1.50 bits per heavy atom. The summed E-state index contributed by atoms with van der Waals surface area (Å²) in [6.45, 7) is 3.41. The average Bonchev–Trinajstić information content (AvgIpc) is 2.86. The van der Waals surface area contributed by atoms with Crippen LogP contribution in [0.15, 0.2) is 42.6 Å². The van der Waals surface area contributed by atoms with Gasteiger partial charge in [0, 0.05) is 17.7 Å². The minimum Gasteiger partial charge on any atom is -0.493 e. The standard InChI is InChI=1S/C29H44N2O3/c1-4-5-6-7-8-9-10-11-12-13-14-17-22-34-27-20-19-25(23-28(27)33-3)29(32)30-24-26-18-15-16-21-31(26)2/h15-16,18-21,23H,4-14,17,22,24H2,1-3H3/p+1. The molecular weight excluding hydrogens is 424 g/mol. The molecule has 1 N–H and O–H groups in total. The highest BCUT2D eigenvalue weighted by Gasteiger charge is 2.13. The fraction of sp³-hybridized carbons (Fsp3) is 0.586. The first-order chi connectivity index (χ1) is 16.7. The van der Waals surface area contributed by atoms with Gasteiger partial charge >= 0.3 is 0 Å². The molecule has 0 aliphatic rings. The van der Waals surface area contributed by atoms with E-state index in [1.165, 1.54) is 70.6 Å². The van der Waals surface area contributed by atoms with Crippen LogP contribution >= 0.6 is 0 Å². The normalized spacial score (nSPS) is 10.8. The molecule has 0 saturated heterocycles. The van der Waals surface area contributed by atoms with Crippen molar-refractivity contribution in [3.05, 3.63) is 53.9 Å². The van der Waals surface area contributed by atoms with Crippen molar-refractivity contribution in [2.24, 2.45) is 7.05 Å². The van der Waals surface area contributed by atoms with E-state index in [1.54, 1.807) is 19.2 Å². The van der Waals surface area contributed by atoms with E-state index in [4.69, 9.17) is 9.47 Å². The fourth-order valence-electron chi connectivity index (χ4n) is 4.07. The molecule has 5 nitrogen and oxygen atoms in total. The zero-order valence-corrected chi connectivity index (χ0v) is 21.6. The number of ether oxygens (including phenoxy) is 2. The Balaban J connectivity index is 1.62. The smallest absolute Gasteiger partial charge is 0.251 e. The van der Waals surface area contributed by atoms with E-state index in [0.717, 1.165) is 12.1 Å². The summed E-state index contributed by atoms with van der Waals surface area (Å²) in [5, 5.41) is 2.97. The minimum absolute atomic E-state index is 0.130. The number of carbonyl (C=O) groups is 1. The summed E-state index contributed by atoms with van der Waals surface area (Å²) < 4.78 is 13.4. The SMILES string of the molecule is CCCCCCCCCCCCCCOc1ccc(C(=O)NCc2cccc[n+]2C)cc1OC. The van der Waals surface area contributed by atoms with Crippen LogP contribution in [0.25, 0.3) is 0 Å². The molecule has 5 heteroatoms. The van der Waals surface area contributed by atoms with Gasteiger partial charge in [0.2, 0.25) is 0 Å². The van der Waals surface area contributed by atoms with Crippen molar-refractivity contribution in [2.75, 3.05) is 13.7 Å². The molecule has 1 heterocycles. The van der Waals surface area contributed by atoms with Gasteiger partial charge in [-0.3, -0.25) is 4.79 Å². The number of hydrogen-bond acceptors (Lipinski definition) is 3. The average molecular weight is 470 g/mol. The summed E-state index contributed by atoms with van der Waals surface area (Å²) in [7, 11) is 3.57. The summed E-state index contributed by atoms with van der Waals surface area (Å²) in [4.78, 5) is 12.6. The Hall–Kier alpha value is -2.56. The number of benzene rings is 1. The van der Waals surface area contributed by atoms with Crippen LogP contribution in [0.3, 0.4) is 0 Å². The van der Waals surface area contributed by atoms with Crippen molar-refractivity contribution in [1.82, 2.24) is 5.32 Å². The van der Waals surface area contributed by atoms with Crippen LogP contribution in [0.4, 0.5) is 0 Å². The summed E-state index contributed by atoms with van der Waals surface area (Å²) in [6.07, 6.45) is 17.9. The molecule has 0 fully saturated rings. The number of rotatable bonds is 18. The van der Waals surface area contributed by atoms with E-state index in [2.05, 4.69) is 12.2 Å². The Labute approximate surface area is 206 Å². The monoisotopic (exact) mass is 469 g/mol. The van der Waals surface area contributed by atoms with Crippen LogP contribution in [0.2, 0.25) is 0 Å². The van der Waals surface area contributed by atoms with Crippen LogP contribution in [0, 0.1) is 0 Å². The van der Waals surface area contributed by atoms with Gasteiger partial charge in [-0.2, -0.15) is 0 Å². The molecule has 0 saturated carbocycles. The number of hydrogen-bond donors (Lipinski definition) is 1. The zero-order valence-electron chi connectivity index (χ0n) is 21.6. The highest BCUT2D eigenvalue weighted by atomic mass is 16.5. The molecule has 1 aromatic carbocycles. The first-order valence-corrected chi connectivity index (χ1v) is 13.2. The lowest BCUT2D eigenvalue weighted by atomic mass is 10.1. The van der Waals surface area contributed by atoms with Gasteiger partial charge in [-0.25, -0.2) is 4.57 Å². The maximum Gasteiger partial charge on any atom is 0.251 e. The largest absolute Gasteiger partial charge is 0.493 e. The molecule has 2 rings (SSSR count). The van der Waals surface area contributed by atoms with Gasteiger partial charge in [-0.1, -0.05) is 83.6 Å². The van der Waals surface area contributed by atoms with Crippen molar-refractivity contribution in [3.8, 4) is 11.5 Å². The molecule has 0 unspecified atom stereocenters. The van der Waals surface area contributed by atoms with Gasteiger partial charge in [0.1, 0.15) is 13.6 Å². The van der Waals surface area contributed by atoms with Crippen molar-refractivity contribution in [1.29, 1.82) is 0 Å². The van der Waals surface area contributed by atoms with Crippen molar-refractivity contribution in [3.63, 3.8) is 0 Å². The van der Waals surface area contributed by atoms with E-state index in [1.807, 2.05) is 42.1 Å². The maximum atomic E-state index is 12.6. The molecule has 2 aromatic rings. The number of amides is 1. The first-order valence-electron chi connectivity index (χ1n) is 13.2. The van der Waals surface area contributed by atoms with E-state index < -0.39 is 0 Å². The van der Waals surface area contributed by atoms with Crippen LogP contribution in [0.1, 0.15) is 100 Å². The molecule has 34 heavy (non-hydrogen) atoms. The zero-order chi connectivity index (χ0) is 24.4. The third kappa shape index (κ3) is 10.6. The van der Waals surface area contributed by atoms with Crippen LogP contribution in [0.5, 0.6) is 11.5 Å². The van der Waals surface area contributed by atoms with Crippen LogP contribution in [-0.2, 0) is 13.6 Å². The second-order valence-electron chi connectivity index (χ2n) is 9.09. The second kappa shape index (κ2) is 17.0. The van der Waals surface area contributed by atoms with Crippen LogP contribution < -0.4 is 19.4 Å². The lowest BCUT2D eigenvalue weighted by Crippen LogP contribution is -2.36. The summed E-state index contributed by atoms with van der Waals surface area (Å²) in [6, 6.07) is 11.3. The number of nitrogens with one attached hydrogen (secondary N) is 1. The number of unbranched alkanes of at least 4 members (excludes halogenated alkanes) is 11. The highest BCUT2D eigenvalue weighted by Crippen LogP contribution is 2.28. The fourth-order valence-corrected chi connectivity index (χ4v) is 4.07. The summed E-state index contributed by atoms with van der Waals surface area (Å²) in [5.74, 6) is 1.16. The molecule has 0 bridgehead atoms. The summed E-state index contributed by atoms with van der Waals surface area (Å²) in [5.41, 5.74) is 1.60. The lowest BCUT2D eigenvalue weighted by Gasteiger charge is -2.12. The van der Waals surface area contributed by atoms with Crippen molar-refractivity contribution in [2.45, 2.75) is 90.5 Å². The van der Waals surface area contributed by atoms with Crippen molar-refractivity contribution >= 4 is 5.91 Å². The predicted octanol–water partition coefficient (Wildman–Crippen LogP) is 6.53. The molecular formula is C29H45N2O3+. The van der Waals surface area contributed by atoms with E-state index in [-0.39, 0.29) is 5.91 Å². The lowest BCUT2D eigenvalue weighted by molar-refractivity contribution is -0.679. The molecule has 0 spiro atoms. The van der Waals surface area contributed by atoms with Gasteiger partial charge in [0.15, 0.2) is 23.4 Å². The molecule has 0 radical (unpaired) electrons. The Morgan fingerprint density at radius 1 is 0.853 bits per heavy atom. The highest BCUT2D eigenvalue weighted by molar-refractivity contribution is 5.94. The summed E-state index contributed by atoms with van der Waals surface area (Å²) >= 11 is 0. The third-order valence-electron chi connectivity index (χ3n) is 6.27. The van der Waals surface area contributed by atoms with E-state index >= 15 is 0 Å². The van der Waals surface area contributed by atoms with Gasteiger partial charge in [-0.05, 0) is 24.6 Å². The first kappa shape index (κ1) is 27.7. The number of nitrogens with zero attached hydrogens (tertiary/aromatic N) is 1. The minimum atomic E-state index is -0.130. The Bertz CT molecular complexity index is 838. The van der Waals surface area contributed by atoms with Gasteiger partial charge < -0.3 is 14.8 Å². The topological polar surface area (TPSA) is 51.4 Å². The quantitative estimate of drug-likeness (QED) is 0.199. The predicted molar refractivity (Wildman–Crippen MR) is 138 cm³/mol. The van der Waals surface area contributed by atoms with Crippen LogP contribution in [-0.4, -0.2) is 19.6 Å². The molecule has 0 aliphatic heterocycles. The van der Waals surface area contributed by atoms with E-state index in [0.29, 0.717) is 30.2 Å². The Kier molecular flexibility index (Phi) is 13.8. The van der Waals surface area contributed by atoms with E-state index in [9.17, 15) is 4.79 Å².